The minimum absolute atomic E-state index is 0.0106. The molecule has 2 aromatic heterocycles. The van der Waals surface area contributed by atoms with Gasteiger partial charge in [0.25, 0.3) is 5.56 Å². The highest BCUT2D eigenvalue weighted by Crippen LogP contribution is 2.49. The molecule has 1 fully saturated rings. The first-order valence-corrected chi connectivity index (χ1v) is 8.26. The van der Waals surface area contributed by atoms with Crippen molar-refractivity contribution < 1.29 is 23.1 Å². The van der Waals surface area contributed by atoms with Crippen molar-refractivity contribution in [3.05, 3.63) is 56.8 Å². The molecule has 10 heteroatoms. The van der Waals surface area contributed by atoms with Gasteiger partial charge in [0, 0.05) is 29.9 Å². The Labute approximate surface area is 154 Å². The Hall–Kier alpha value is -2.81. The number of hydrogen-bond acceptors (Lipinski definition) is 3. The van der Waals surface area contributed by atoms with E-state index in [0.717, 1.165) is 10.6 Å². The molecule has 0 aliphatic heterocycles. The van der Waals surface area contributed by atoms with E-state index in [1.165, 1.54) is 18.3 Å². The number of rotatable bonds is 3. The largest absolute Gasteiger partial charge is 0.476 e. The lowest BCUT2D eigenvalue weighted by atomic mass is 9.76. The molecular formula is C17H11ClF3N3O3. The minimum atomic E-state index is -2.89. The van der Waals surface area contributed by atoms with Crippen LogP contribution < -0.4 is 5.56 Å². The summed E-state index contributed by atoms with van der Waals surface area (Å²) in [4.78, 5) is 26.6. The second-order valence-corrected chi connectivity index (χ2v) is 6.85. The Kier molecular flexibility index (Phi) is 3.81. The molecule has 1 aliphatic rings. The quantitative estimate of drug-likeness (QED) is 0.705. The standard InChI is InChI=1S/C17H11ClF3N3O3/c18-9-2-1-7(3-10(9)19)11-6-24-14(15(25)22-11)12(13(23-24)16(26)27)8-4-17(20,21)5-8/h1-3,6,8H,4-5H2,(H,22,25)(H,26,27). The first-order chi connectivity index (χ1) is 12.7. The summed E-state index contributed by atoms with van der Waals surface area (Å²) in [5.74, 6) is -5.77. The van der Waals surface area contributed by atoms with E-state index in [-0.39, 0.29) is 21.8 Å². The van der Waals surface area contributed by atoms with Crippen molar-refractivity contribution in [2.24, 2.45) is 0 Å². The van der Waals surface area contributed by atoms with Gasteiger partial charge >= 0.3 is 5.97 Å². The maximum Gasteiger partial charge on any atom is 0.356 e. The van der Waals surface area contributed by atoms with Crippen LogP contribution in [0, 0.1) is 5.82 Å². The third kappa shape index (κ3) is 2.87. The number of alkyl halides is 2. The fraction of sp³-hybridized carbons (Fsp3) is 0.235. The Morgan fingerprint density at radius 3 is 2.67 bits per heavy atom. The van der Waals surface area contributed by atoms with Gasteiger partial charge in [-0.2, -0.15) is 5.10 Å². The molecule has 0 amide bonds. The molecule has 2 N–H and O–H groups in total. The van der Waals surface area contributed by atoms with Crippen LogP contribution in [0.15, 0.2) is 29.2 Å². The Morgan fingerprint density at radius 1 is 1.37 bits per heavy atom. The van der Waals surface area contributed by atoms with Gasteiger partial charge in [-0.1, -0.05) is 17.7 Å². The van der Waals surface area contributed by atoms with Gasteiger partial charge in [-0.3, -0.25) is 4.79 Å². The van der Waals surface area contributed by atoms with Crippen molar-refractivity contribution >= 4 is 23.1 Å². The van der Waals surface area contributed by atoms with Crippen molar-refractivity contribution in [2.45, 2.75) is 24.7 Å². The average molecular weight is 398 g/mol. The topological polar surface area (TPSA) is 87.5 Å². The highest BCUT2D eigenvalue weighted by Gasteiger charge is 2.48. The minimum Gasteiger partial charge on any atom is -0.476 e. The lowest BCUT2D eigenvalue weighted by Gasteiger charge is -2.34. The lowest BCUT2D eigenvalue weighted by molar-refractivity contribution is -0.0866. The predicted molar refractivity (Wildman–Crippen MR) is 90.1 cm³/mol. The molecule has 6 nitrogen and oxygen atoms in total. The summed E-state index contributed by atoms with van der Waals surface area (Å²) in [5.41, 5.74) is -0.795. The van der Waals surface area contributed by atoms with Crippen molar-refractivity contribution in [1.29, 1.82) is 0 Å². The van der Waals surface area contributed by atoms with Gasteiger partial charge in [-0.25, -0.2) is 22.5 Å². The molecule has 140 valence electrons. The zero-order valence-electron chi connectivity index (χ0n) is 13.5. The van der Waals surface area contributed by atoms with Gasteiger partial charge < -0.3 is 10.1 Å². The number of aromatic nitrogens is 3. The van der Waals surface area contributed by atoms with Gasteiger partial charge in [-0.15, -0.1) is 0 Å². The Morgan fingerprint density at radius 2 is 2.07 bits per heavy atom. The predicted octanol–water partition coefficient (Wildman–Crippen LogP) is 3.69. The number of carbonyl (C=O) groups is 1. The summed E-state index contributed by atoms with van der Waals surface area (Å²) in [7, 11) is 0. The molecule has 0 atom stereocenters. The number of hydrogen-bond donors (Lipinski definition) is 2. The number of benzene rings is 1. The number of carboxylic acids is 1. The molecular weight excluding hydrogens is 387 g/mol. The molecule has 2 heterocycles. The van der Waals surface area contributed by atoms with E-state index in [2.05, 4.69) is 10.1 Å². The highest BCUT2D eigenvalue weighted by molar-refractivity contribution is 6.30. The first-order valence-electron chi connectivity index (χ1n) is 7.88. The summed E-state index contributed by atoms with van der Waals surface area (Å²) in [5, 5.41) is 13.2. The molecule has 4 rings (SSSR count). The third-order valence-electron chi connectivity index (χ3n) is 4.59. The van der Waals surface area contributed by atoms with Gasteiger partial charge in [0.05, 0.1) is 16.9 Å². The molecule has 1 saturated carbocycles. The molecule has 1 aromatic carbocycles. The van der Waals surface area contributed by atoms with Crippen LogP contribution in [0.25, 0.3) is 16.8 Å². The van der Waals surface area contributed by atoms with Gasteiger partial charge in [0.1, 0.15) is 11.3 Å². The molecule has 0 bridgehead atoms. The van der Waals surface area contributed by atoms with Gasteiger partial charge in [-0.05, 0) is 12.1 Å². The SMILES string of the molecule is O=C(O)c1nn2cc(-c3ccc(Cl)c(F)c3)[nH]c(=O)c2c1C1CC(F)(F)C1. The number of fused-ring (bicyclic) bond motifs is 1. The lowest BCUT2D eigenvalue weighted by Crippen LogP contribution is -2.34. The number of aromatic carboxylic acids is 1. The second-order valence-electron chi connectivity index (χ2n) is 6.45. The van der Waals surface area contributed by atoms with Crippen LogP contribution in [-0.4, -0.2) is 31.6 Å². The molecule has 0 unspecified atom stereocenters. The molecule has 3 aromatic rings. The number of nitrogens with one attached hydrogen (secondary N) is 1. The zero-order valence-corrected chi connectivity index (χ0v) is 14.2. The molecule has 0 radical (unpaired) electrons. The smallest absolute Gasteiger partial charge is 0.356 e. The number of carboxylic acid groups (broad SMARTS) is 1. The molecule has 27 heavy (non-hydrogen) atoms. The summed E-state index contributed by atoms with van der Waals surface area (Å²) in [6, 6.07) is 3.88. The van der Waals surface area contributed by atoms with E-state index >= 15 is 0 Å². The van der Waals surface area contributed by atoms with Crippen molar-refractivity contribution in [1.82, 2.24) is 14.6 Å². The summed E-state index contributed by atoms with van der Waals surface area (Å²) in [6.07, 6.45) is 0.225. The summed E-state index contributed by atoms with van der Waals surface area (Å²) >= 11 is 5.64. The Bertz CT molecular complexity index is 1150. The van der Waals surface area contributed by atoms with Crippen molar-refractivity contribution in [2.75, 3.05) is 0 Å². The van der Waals surface area contributed by atoms with Crippen molar-refractivity contribution in [3.8, 4) is 11.3 Å². The Balaban J connectivity index is 1.90. The summed E-state index contributed by atoms with van der Waals surface area (Å²) in [6.45, 7) is 0. The molecule has 0 spiro atoms. The van der Waals surface area contributed by atoms with E-state index in [4.69, 9.17) is 11.6 Å². The maximum absolute atomic E-state index is 13.7. The number of halogens is 4. The number of aromatic amines is 1. The first kappa shape index (κ1) is 17.6. The van der Waals surface area contributed by atoms with Gasteiger partial charge in [0.2, 0.25) is 5.92 Å². The van der Waals surface area contributed by atoms with Crippen LogP contribution >= 0.6 is 11.6 Å². The van der Waals surface area contributed by atoms with E-state index in [1.807, 2.05) is 0 Å². The van der Waals surface area contributed by atoms with Crippen LogP contribution in [0.4, 0.5) is 13.2 Å². The molecule has 0 saturated heterocycles. The van der Waals surface area contributed by atoms with Crippen LogP contribution in [0.2, 0.25) is 5.02 Å². The van der Waals surface area contributed by atoms with Gasteiger partial charge in [0.15, 0.2) is 5.69 Å². The third-order valence-corrected chi connectivity index (χ3v) is 4.90. The average Bonchev–Trinajstić information content (AvgIpc) is 2.95. The highest BCUT2D eigenvalue weighted by atomic mass is 35.5. The second kappa shape index (κ2) is 5.85. The monoisotopic (exact) mass is 397 g/mol. The van der Waals surface area contributed by atoms with Crippen molar-refractivity contribution in [3.63, 3.8) is 0 Å². The van der Waals surface area contributed by atoms with Crippen LogP contribution in [0.3, 0.4) is 0 Å². The zero-order chi connectivity index (χ0) is 19.5. The number of H-pyrrole nitrogens is 1. The van der Waals surface area contributed by atoms with E-state index in [9.17, 15) is 27.9 Å². The van der Waals surface area contributed by atoms with Crippen LogP contribution in [0.1, 0.15) is 34.8 Å². The van der Waals surface area contributed by atoms with Crippen LogP contribution in [-0.2, 0) is 0 Å². The van der Waals surface area contributed by atoms with E-state index in [1.54, 1.807) is 0 Å². The van der Waals surface area contributed by atoms with E-state index < -0.39 is 47.7 Å². The normalized spacial score (nSPS) is 16.4. The maximum atomic E-state index is 13.7. The molecule has 1 aliphatic carbocycles. The fourth-order valence-corrected chi connectivity index (χ4v) is 3.44. The van der Waals surface area contributed by atoms with E-state index in [0.29, 0.717) is 5.56 Å². The summed E-state index contributed by atoms with van der Waals surface area (Å²) < 4.78 is 41.3. The fourth-order valence-electron chi connectivity index (χ4n) is 3.32. The van der Waals surface area contributed by atoms with Crippen LogP contribution in [0.5, 0.6) is 0 Å². The number of nitrogens with zero attached hydrogens (tertiary/aromatic N) is 2.